The molecule has 32 heavy (non-hydrogen) atoms. The number of methoxy groups -OCH3 is 1. The van der Waals surface area contributed by atoms with Gasteiger partial charge in [0.1, 0.15) is 16.9 Å². The van der Waals surface area contributed by atoms with E-state index in [1.54, 1.807) is 13.4 Å². The average molecular weight is 434 g/mol. The average Bonchev–Trinajstić information content (AvgIpc) is 3.16. The van der Waals surface area contributed by atoms with Crippen molar-refractivity contribution in [3.63, 3.8) is 0 Å². The van der Waals surface area contributed by atoms with Crippen molar-refractivity contribution in [2.45, 2.75) is 40.0 Å². The topological polar surface area (TPSA) is 81.7 Å². The lowest BCUT2D eigenvalue weighted by Crippen LogP contribution is -2.26. The highest BCUT2D eigenvalue weighted by Crippen LogP contribution is 2.32. The fraction of sp³-hybridized carbons (Fsp3) is 0.308. The van der Waals surface area contributed by atoms with Gasteiger partial charge in [0.25, 0.3) is 0 Å². The van der Waals surface area contributed by atoms with Gasteiger partial charge in [0, 0.05) is 34.9 Å². The van der Waals surface area contributed by atoms with Gasteiger partial charge in [-0.1, -0.05) is 18.2 Å². The van der Waals surface area contributed by atoms with Gasteiger partial charge in [0.15, 0.2) is 0 Å². The molecule has 0 aliphatic heterocycles. The van der Waals surface area contributed by atoms with Crippen LogP contribution in [-0.4, -0.2) is 19.6 Å². The summed E-state index contributed by atoms with van der Waals surface area (Å²) in [5.41, 5.74) is 5.15. The summed E-state index contributed by atoms with van der Waals surface area (Å²) in [6.07, 6.45) is 2.92. The molecule has 0 fully saturated rings. The third-order valence-electron chi connectivity index (χ3n) is 6.05. The van der Waals surface area contributed by atoms with E-state index in [2.05, 4.69) is 5.32 Å². The minimum Gasteiger partial charge on any atom is -0.496 e. The monoisotopic (exact) mass is 433 g/mol. The van der Waals surface area contributed by atoms with E-state index < -0.39 is 5.63 Å². The summed E-state index contributed by atoms with van der Waals surface area (Å²) in [5, 5.41) is 4.81. The van der Waals surface area contributed by atoms with Crippen molar-refractivity contribution in [3.8, 4) is 5.75 Å². The largest absolute Gasteiger partial charge is 0.496 e. The Labute approximate surface area is 186 Å². The van der Waals surface area contributed by atoms with Gasteiger partial charge in [0.2, 0.25) is 5.91 Å². The first-order valence-electron chi connectivity index (χ1n) is 10.7. The van der Waals surface area contributed by atoms with E-state index in [1.165, 1.54) is 0 Å². The lowest BCUT2D eigenvalue weighted by molar-refractivity contribution is -0.121. The molecule has 0 spiro atoms. The first-order valence-corrected chi connectivity index (χ1v) is 10.7. The smallest absolute Gasteiger partial charge is 0.339 e. The van der Waals surface area contributed by atoms with Crippen molar-refractivity contribution in [3.05, 3.63) is 74.8 Å². The molecule has 0 aliphatic rings. The van der Waals surface area contributed by atoms with Gasteiger partial charge in [-0.05, 0) is 62.4 Å². The number of rotatable bonds is 7. The van der Waals surface area contributed by atoms with Gasteiger partial charge >= 0.3 is 5.63 Å². The number of carbonyl (C=O) groups excluding carboxylic acids is 1. The van der Waals surface area contributed by atoms with Crippen LogP contribution in [0.15, 0.2) is 50.2 Å². The Morgan fingerprint density at radius 2 is 1.81 bits per heavy atom. The van der Waals surface area contributed by atoms with Gasteiger partial charge < -0.3 is 18.9 Å². The Hall–Kier alpha value is -3.54. The molecule has 0 bridgehead atoms. The number of amides is 1. The van der Waals surface area contributed by atoms with Crippen LogP contribution in [0.5, 0.6) is 5.75 Å². The van der Waals surface area contributed by atoms with Crippen molar-refractivity contribution >= 4 is 27.8 Å². The molecule has 0 atom stereocenters. The molecular formula is C26H27NO5. The van der Waals surface area contributed by atoms with Crippen LogP contribution in [-0.2, 0) is 17.6 Å². The van der Waals surface area contributed by atoms with Crippen LogP contribution in [0.3, 0.4) is 0 Å². The molecule has 2 heterocycles. The minimum atomic E-state index is -0.400. The maximum atomic E-state index is 12.7. The standard InChI is InChI=1S/C26H27NO5/c1-15-14-31-24-17(3)25-21(13-20(15)24)16(2)19(26(29)32-25)9-10-23(28)27-12-11-18-7-5-6-8-22(18)30-4/h5-8,13-14H,9-12H2,1-4H3,(H,27,28). The number of aryl methyl sites for hydroxylation is 3. The van der Waals surface area contributed by atoms with Gasteiger partial charge in [0.05, 0.1) is 13.4 Å². The predicted octanol–water partition coefficient (Wildman–Crippen LogP) is 4.76. The van der Waals surface area contributed by atoms with Crippen molar-refractivity contribution in [1.29, 1.82) is 0 Å². The zero-order chi connectivity index (χ0) is 22.8. The Bertz CT molecular complexity index is 1360. The summed E-state index contributed by atoms with van der Waals surface area (Å²) in [4.78, 5) is 25.1. The molecule has 1 N–H and O–H groups in total. The molecule has 4 aromatic rings. The van der Waals surface area contributed by atoms with Crippen LogP contribution in [0, 0.1) is 20.8 Å². The molecule has 2 aromatic carbocycles. The van der Waals surface area contributed by atoms with Crippen LogP contribution in [0.25, 0.3) is 21.9 Å². The molecule has 1 amide bonds. The zero-order valence-corrected chi connectivity index (χ0v) is 18.8. The first-order chi connectivity index (χ1) is 15.4. The number of carbonyl (C=O) groups is 1. The lowest BCUT2D eigenvalue weighted by atomic mass is 9.98. The summed E-state index contributed by atoms with van der Waals surface area (Å²) < 4.78 is 16.6. The third-order valence-corrected chi connectivity index (χ3v) is 6.05. The molecule has 0 radical (unpaired) electrons. The Kier molecular flexibility index (Phi) is 6.04. The quantitative estimate of drug-likeness (QED) is 0.425. The van der Waals surface area contributed by atoms with Gasteiger partial charge in [-0.15, -0.1) is 0 Å². The number of para-hydroxylation sites is 1. The molecule has 0 aliphatic carbocycles. The third kappa shape index (κ3) is 4.00. The Morgan fingerprint density at radius 1 is 1.03 bits per heavy atom. The van der Waals surface area contributed by atoms with Crippen molar-refractivity contribution in [2.24, 2.45) is 0 Å². The highest BCUT2D eigenvalue weighted by molar-refractivity contribution is 5.99. The molecule has 0 saturated heterocycles. The van der Waals surface area contributed by atoms with E-state index in [9.17, 15) is 9.59 Å². The van der Waals surface area contributed by atoms with E-state index in [1.807, 2.05) is 51.1 Å². The minimum absolute atomic E-state index is 0.101. The first kappa shape index (κ1) is 21.7. The van der Waals surface area contributed by atoms with Crippen molar-refractivity contribution in [1.82, 2.24) is 5.32 Å². The molecule has 6 nitrogen and oxygen atoms in total. The Balaban J connectivity index is 1.48. The molecule has 4 rings (SSSR count). The van der Waals surface area contributed by atoms with Gasteiger partial charge in [-0.3, -0.25) is 4.79 Å². The van der Waals surface area contributed by atoms with Crippen LogP contribution in [0.4, 0.5) is 0 Å². The molecule has 2 aromatic heterocycles. The number of furan rings is 1. The predicted molar refractivity (Wildman–Crippen MR) is 124 cm³/mol. The summed E-state index contributed by atoms with van der Waals surface area (Å²) in [6.45, 7) is 6.29. The highest BCUT2D eigenvalue weighted by atomic mass is 16.5. The van der Waals surface area contributed by atoms with E-state index in [0.717, 1.165) is 44.4 Å². The van der Waals surface area contributed by atoms with Crippen LogP contribution < -0.4 is 15.7 Å². The summed E-state index contributed by atoms with van der Waals surface area (Å²) in [7, 11) is 1.63. The van der Waals surface area contributed by atoms with Crippen LogP contribution in [0.2, 0.25) is 0 Å². The van der Waals surface area contributed by atoms with E-state index in [-0.39, 0.29) is 12.3 Å². The second-order valence-electron chi connectivity index (χ2n) is 8.08. The summed E-state index contributed by atoms with van der Waals surface area (Å²) in [5.74, 6) is 0.708. The molecule has 166 valence electrons. The molecule has 0 saturated carbocycles. The van der Waals surface area contributed by atoms with E-state index in [0.29, 0.717) is 30.5 Å². The SMILES string of the molecule is COc1ccccc1CCNC(=O)CCc1c(C)c2cc3c(C)coc3c(C)c2oc1=O. The maximum absolute atomic E-state index is 12.7. The van der Waals surface area contributed by atoms with Crippen molar-refractivity contribution in [2.75, 3.05) is 13.7 Å². The summed E-state index contributed by atoms with van der Waals surface area (Å²) >= 11 is 0. The normalized spacial score (nSPS) is 11.2. The summed E-state index contributed by atoms with van der Waals surface area (Å²) in [6, 6.07) is 9.75. The second kappa shape index (κ2) is 8.91. The van der Waals surface area contributed by atoms with E-state index >= 15 is 0 Å². The van der Waals surface area contributed by atoms with Crippen molar-refractivity contribution < 1.29 is 18.4 Å². The number of nitrogens with one attached hydrogen (secondary N) is 1. The number of hydrogen-bond acceptors (Lipinski definition) is 5. The molecule has 0 unspecified atom stereocenters. The lowest BCUT2D eigenvalue weighted by Gasteiger charge is -2.11. The van der Waals surface area contributed by atoms with Gasteiger partial charge in [-0.25, -0.2) is 4.79 Å². The Morgan fingerprint density at radius 3 is 2.59 bits per heavy atom. The van der Waals surface area contributed by atoms with Crippen LogP contribution >= 0.6 is 0 Å². The molecule has 6 heteroatoms. The van der Waals surface area contributed by atoms with E-state index in [4.69, 9.17) is 13.6 Å². The van der Waals surface area contributed by atoms with Gasteiger partial charge in [-0.2, -0.15) is 0 Å². The van der Waals surface area contributed by atoms with Crippen LogP contribution in [0.1, 0.15) is 34.2 Å². The number of fused-ring (bicyclic) bond motifs is 2. The highest BCUT2D eigenvalue weighted by Gasteiger charge is 2.18. The number of ether oxygens (including phenoxy) is 1. The number of benzene rings is 2. The fourth-order valence-electron chi connectivity index (χ4n) is 4.18. The maximum Gasteiger partial charge on any atom is 0.339 e. The second-order valence-corrected chi connectivity index (χ2v) is 8.08. The molecular weight excluding hydrogens is 406 g/mol. The fourth-order valence-corrected chi connectivity index (χ4v) is 4.18. The zero-order valence-electron chi connectivity index (χ0n) is 18.8. The number of hydrogen-bond donors (Lipinski definition) is 1.